The van der Waals surface area contributed by atoms with E-state index in [1.165, 1.54) is 6.42 Å². The molecule has 1 aliphatic heterocycles. The highest BCUT2D eigenvalue weighted by atomic mass is 16.1. The summed E-state index contributed by atoms with van der Waals surface area (Å²) >= 11 is 0. The fraction of sp³-hybridized carbons (Fsp3) is 0.929. The van der Waals surface area contributed by atoms with Crippen molar-refractivity contribution in [2.75, 3.05) is 26.2 Å². The number of piperazine rings is 1. The Morgan fingerprint density at radius 2 is 1.88 bits per heavy atom. The molecule has 0 amide bonds. The zero-order chi connectivity index (χ0) is 12.3. The number of rotatable bonds is 1. The van der Waals surface area contributed by atoms with Crippen molar-refractivity contribution >= 4 is 5.78 Å². The van der Waals surface area contributed by atoms with Gasteiger partial charge in [-0.1, -0.05) is 20.8 Å². The molecule has 3 heteroatoms. The van der Waals surface area contributed by atoms with Gasteiger partial charge in [-0.15, -0.1) is 0 Å². The molecule has 0 radical (unpaired) electrons. The lowest BCUT2D eigenvalue weighted by Gasteiger charge is -2.37. The van der Waals surface area contributed by atoms with Crippen LogP contribution in [-0.4, -0.2) is 42.9 Å². The van der Waals surface area contributed by atoms with E-state index in [1.54, 1.807) is 0 Å². The van der Waals surface area contributed by atoms with Gasteiger partial charge in [-0.05, 0) is 24.2 Å². The van der Waals surface area contributed by atoms with Crippen molar-refractivity contribution in [3.05, 3.63) is 0 Å². The van der Waals surface area contributed by atoms with Gasteiger partial charge < -0.3 is 5.32 Å². The quantitative estimate of drug-likeness (QED) is 0.744. The number of hydrogen-bond acceptors (Lipinski definition) is 3. The molecule has 2 bridgehead atoms. The summed E-state index contributed by atoms with van der Waals surface area (Å²) < 4.78 is 0. The topological polar surface area (TPSA) is 32.3 Å². The van der Waals surface area contributed by atoms with E-state index in [9.17, 15) is 4.79 Å². The van der Waals surface area contributed by atoms with E-state index in [-0.39, 0.29) is 16.9 Å². The van der Waals surface area contributed by atoms with Gasteiger partial charge in [0.05, 0.1) is 6.04 Å². The van der Waals surface area contributed by atoms with Crippen LogP contribution in [-0.2, 0) is 4.79 Å². The summed E-state index contributed by atoms with van der Waals surface area (Å²) in [5, 5.41) is 3.37. The van der Waals surface area contributed by atoms with E-state index < -0.39 is 0 Å². The van der Waals surface area contributed by atoms with Gasteiger partial charge in [0, 0.05) is 31.6 Å². The Morgan fingerprint density at radius 3 is 2.41 bits per heavy atom. The molecule has 96 valence electrons. The molecule has 2 aliphatic carbocycles. The van der Waals surface area contributed by atoms with Crippen molar-refractivity contribution in [2.45, 2.75) is 39.7 Å². The van der Waals surface area contributed by atoms with Gasteiger partial charge in [0.2, 0.25) is 0 Å². The fourth-order valence-electron chi connectivity index (χ4n) is 4.42. The van der Waals surface area contributed by atoms with Crippen molar-refractivity contribution in [3.8, 4) is 0 Å². The summed E-state index contributed by atoms with van der Waals surface area (Å²) in [6.45, 7) is 11.0. The molecule has 3 aliphatic rings. The number of carbonyl (C=O) groups is 1. The fourth-order valence-corrected chi connectivity index (χ4v) is 4.42. The van der Waals surface area contributed by atoms with Crippen LogP contribution in [0.15, 0.2) is 0 Å². The van der Waals surface area contributed by atoms with E-state index in [2.05, 4.69) is 31.0 Å². The monoisotopic (exact) mass is 236 g/mol. The molecule has 3 rings (SSSR count). The summed E-state index contributed by atoms with van der Waals surface area (Å²) in [5.41, 5.74) is 0.132. The van der Waals surface area contributed by atoms with Crippen molar-refractivity contribution in [1.82, 2.24) is 10.2 Å². The Morgan fingerprint density at radius 1 is 1.24 bits per heavy atom. The van der Waals surface area contributed by atoms with Gasteiger partial charge in [0.15, 0.2) is 5.78 Å². The Labute approximate surface area is 104 Å². The lowest BCUT2D eigenvalue weighted by molar-refractivity contribution is -0.133. The molecule has 3 nitrogen and oxygen atoms in total. The van der Waals surface area contributed by atoms with E-state index in [1.807, 2.05) is 0 Å². The van der Waals surface area contributed by atoms with Crippen molar-refractivity contribution in [2.24, 2.45) is 16.7 Å². The maximum Gasteiger partial charge on any atom is 0.156 e. The van der Waals surface area contributed by atoms with Crippen LogP contribution in [0.25, 0.3) is 0 Å². The Balaban J connectivity index is 1.90. The second-order valence-corrected chi connectivity index (χ2v) is 6.79. The van der Waals surface area contributed by atoms with E-state index in [0.29, 0.717) is 11.7 Å². The first-order valence-electron chi connectivity index (χ1n) is 6.97. The zero-order valence-electron chi connectivity index (χ0n) is 11.3. The molecule has 1 saturated heterocycles. The van der Waals surface area contributed by atoms with Crippen molar-refractivity contribution < 1.29 is 4.79 Å². The van der Waals surface area contributed by atoms with Crippen molar-refractivity contribution in [3.63, 3.8) is 0 Å². The Hall–Kier alpha value is -0.410. The third kappa shape index (κ3) is 1.33. The average molecular weight is 236 g/mol. The summed E-state index contributed by atoms with van der Waals surface area (Å²) in [4.78, 5) is 15.2. The maximum atomic E-state index is 12.7. The van der Waals surface area contributed by atoms with Gasteiger partial charge in [0.1, 0.15) is 0 Å². The summed E-state index contributed by atoms with van der Waals surface area (Å²) in [7, 11) is 0. The largest absolute Gasteiger partial charge is 0.314 e. The molecule has 3 fully saturated rings. The molecule has 0 unspecified atom stereocenters. The molecule has 17 heavy (non-hydrogen) atoms. The van der Waals surface area contributed by atoms with Crippen LogP contribution >= 0.6 is 0 Å². The van der Waals surface area contributed by atoms with E-state index >= 15 is 0 Å². The minimum absolute atomic E-state index is 0.0623. The van der Waals surface area contributed by atoms with Crippen LogP contribution in [0.4, 0.5) is 0 Å². The number of fused-ring (bicyclic) bond motifs is 2. The molecular weight excluding hydrogens is 212 g/mol. The molecule has 1 N–H and O–H groups in total. The number of carbonyl (C=O) groups excluding carboxylic acids is 1. The van der Waals surface area contributed by atoms with Gasteiger partial charge in [-0.3, -0.25) is 9.69 Å². The Bertz CT molecular complexity index is 346. The van der Waals surface area contributed by atoms with Gasteiger partial charge in [0.25, 0.3) is 0 Å². The SMILES string of the molecule is CC1(C)[C@H]2CC[C@]1(C)C(=O)[C@H]2N1CCNCC1. The maximum absolute atomic E-state index is 12.7. The highest BCUT2D eigenvalue weighted by Gasteiger charge is 2.67. The first-order chi connectivity index (χ1) is 7.98. The molecule has 0 aromatic carbocycles. The summed E-state index contributed by atoms with van der Waals surface area (Å²) in [5.74, 6) is 1.11. The second-order valence-electron chi connectivity index (χ2n) is 6.79. The summed E-state index contributed by atoms with van der Waals surface area (Å²) in [6, 6.07) is 0.214. The van der Waals surface area contributed by atoms with Crippen LogP contribution in [0.3, 0.4) is 0 Å². The minimum Gasteiger partial charge on any atom is -0.314 e. The van der Waals surface area contributed by atoms with Crippen LogP contribution in [0.1, 0.15) is 33.6 Å². The predicted octanol–water partition coefficient (Wildman–Crippen LogP) is 1.29. The number of hydrogen-bond donors (Lipinski definition) is 1. The predicted molar refractivity (Wildman–Crippen MR) is 67.8 cm³/mol. The van der Waals surface area contributed by atoms with E-state index in [0.717, 1.165) is 32.6 Å². The number of ketones is 1. The lowest BCUT2D eigenvalue weighted by Crippen LogP contribution is -2.54. The first-order valence-corrected chi connectivity index (χ1v) is 6.97. The molecule has 0 spiro atoms. The molecule has 0 aromatic rings. The van der Waals surface area contributed by atoms with Crippen LogP contribution in [0, 0.1) is 16.7 Å². The second kappa shape index (κ2) is 3.55. The third-order valence-corrected chi connectivity index (χ3v) is 6.04. The molecule has 2 saturated carbocycles. The van der Waals surface area contributed by atoms with Crippen LogP contribution in [0.2, 0.25) is 0 Å². The Kier molecular flexibility index (Phi) is 2.43. The molecular formula is C14H24N2O. The number of nitrogens with one attached hydrogen (secondary N) is 1. The average Bonchev–Trinajstić information content (AvgIpc) is 2.62. The van der Waals surface area contributed by atoms with Crippen LogP contribution in [0.5, 0.6) is 0 Å². The van der Waals surface area contributed by atoms with Gasteiger partial charge in [-0.2, -0.15) is 0 Å². The standard InChI is InChI=1S/C14H24N2O/c1-13(2)10-4-5-14(13,3)12(17)11(10)16-8-6-15-7-9-16/h10-11,15H,4-9H2,1-3H3/t10-,11-,14+/m0/s1. The van der Waals surface area contributed by atoms with Gasteiger partial charge >= 0.3 is 0 Å². The summed E-state index contributed by atoms with van der Waals surface area (Å²) in [6.07, 6.45) is 2.34. The zero-order valence-corrected chi connectivity index (χ0v) is 11.3. The van der Waals surface area contributed by atoms with Crippen LogP contribution < -0.4 is 5.32 Å². The smallest absolute Gasteiger partial charge is 0.156 e. The number of Topliss-reactive ketones (excluding diaryl/α,β-unsaturated/α-hetero) is 1. The minimum atomic E-state index is -0.0623. The lowest BCUT2D eigenvalue weighted by atomic mass is 9.70. The normalized spacial score (nSPS) is 45.5. The highest BCUT2D eigenvalue weighted by Crippen LogP contribution is 2.64. The molecule has 3 atom stereocenters. The molecule has 1 heterocycles. The molecule has 0 aromatic heterocycles. The number of nitrogens with zero attached hydrogens (tertiary/aromatic N) is 1. The van der Waals surface area contributed by atoms with E-state index in [4.69, 9.17) is 0 Å². The van der Waals surface area contributed by atoms with Gasteiger partial charge in [-0.25, -0.2) is 0 Å². The first kappa shape index (κ1) is 11.7. The third-order valence-electron chi connectivity index (χ3n) is 6.04. The highest BCUT2D eigenvalue weighted by molar-refractivity contribution is 5.94. The van der Waals surface area contributed by atoms with Crippen molar-refractivity contribution in [1.29, 1.82) is 0 Å².